The van der Waals surface area contributed by atoms with Crippen LogP contribution in [0, 0.1) is 13.8 Å². The second-order valence-corrected chi connectivity index (χ2v) is 5.68. The fourth-order valence-electron chi connectivity index (χ4n) is 2.84. The molecule has 0 spiro atoms. The maximum atomic E-state index is 12.7. The monoisotopic (exact) mass is 288 g/mol. The molecule has 0 N–H and O–H groups in total. The Morgan fingerprint density at radius 1 is 1.38 bits per heavy atom. The Kier molecular flexibility index (Phi) is 3.53. The molecule has 0 saturated carbocycles. The molecule has 6 heteroatoms. The second kappa shape index (κ2) is 5.35. The lowest BCUT2D eigenvalue weighted by molar-refractivity contribution is 0.0693. The highest BCUT2D eigenvalue weighted by atomic mass is 16.5. The fraction of sp³-hybridized carbons (Fsp3) is 0.533. The van der Waals surface area contributed by atoms with Crippen molar-refractivity contribution in [3.8, 4) is 0 Å². The SMILES string of the molecule is Cc1nc([C@@H]2CCCN(C(=O)c3ccc(C)n3C)C2)no1. The van der Waals surface area contributed by atoms with Crippen LogP contribution in [0.4, 0.5) is 0 Å². The smallest absolute Gasteiger partial charge is 0.270 e. The summed E-state index contributed by atoms with van der Waals surface area (Å²) in [7, 11) is 1.92. The van der Waals surface area contributed by atoms with E-state index in [0.717, 1.165) is 30.8 Å². The van der Waals surface area contributed by atoms with E-state index in [0.29, 0.717) is 18.3 Å². The summed E-state index contributed by atoms with van der Waals surface area (Å²) in [4.78, 5) is 18.9. The van der Waals surface area contributed by atoms with Crippen molar-refractivity contribution in [1.29, 1.82) is 0 Å². The third kappa shape index (κ3) is 2.57. The Morgan fingerprint density at radius 2 is 2.19 bits per heavy atom. The van der Waals surface area contributed by atoms with Gasteiger partial charge in [-0.3, -0.25) is 4.79 Å². The van der Waals surface area contributed by atoms with Gasteiger partial charge in [-0.15, -0.1) is 0 Å². The molecule has 112 valence electrons. The van der Waals surface area contributed by atoms with Crippen molar-refractivity contribution in [2.75, 3.05) is 13.1 Å². The van der Waals surface area contributed by atoms with E-state index >= 15 is 0 Å². The molecule has 2 aromatic rings. The zero-order valence-electron chi connectivity index (χ0n) is 12.7. The lowest BCUT2D eigenvalue weighted by atomic mass is 9.97. The van der Waals surface area contributed by atoms with E-state index in [1.54, 1.807) is 6.92 Å². The van der Waals surface area contributed by atoms with E-state index in [4.69, 9.17) is 4.52 Å². The Labute approximate surface area is 123 Å². The maximum Gasteiger partial charge on any atom is 0.270 e. The Morgan fingerprint density at radius 3 is 2.81 bits per heavy atom. The van der Waals surface area contributed by atoms with Gasteiger partial charge >= 0.3 is 0 Å². The molecule has 2 aromatic heterocycles. The summed E-state index contributed by atoms with van der Waals surface area (Å²) in [5.74, 6) is 1.54. The van der Waals surface area contributed by atoms with Crippen molar-refractivity contribution < 1.29 is 9.32 Å². The Balaban J connectivity index is 1.77. The van der Waals surface area contributed by atoms with Crippen LogP contribution in [0.5, 0.6) is 0 Å². The highest BCUT2D eigenvalue weighted by molar-refractivity contribution is 5.93. The second-order valence-electron chi connectivity index (χ2n) is 5.68. The molecule has 1 aliphatic heterocycles. The summed E-state index contributed by atoms with van der Waals surface area (Å²) in [6.07, 6.45) is 1.96. The van der Waals surface area contributed by atoms with E-state index in [1.807, 2.05) is 35.6 Å². The number of carbonyl (C=O) groups excluding carboxylic acids is 1. The first-order valence-corrected chi connectivity index (χ1v) is 7.28. The van der Waals surface area contributed by atoms with Gasteiger partial charge in [0.25, 0.3) is 5.91 Å². The van der Waals surface area contributed by atoms with Gasteiger partial charge in [0.15, 0.2) is 5.82 Å². The maximum absolute atomic E-state index is 12.7. The first-order chi connectivity index (χ1) is 10.1. The number of hydrogen-bond donors (Lipinski definition) is 0. The van der Waals surface area contributed by atoms with Gasteiger partial charge in [0.05, 0.1) is 0 Å². The highest BCUT2D eigenvalue weighted by Gasteiger charge is 2.29. The average Bonchev–Trinajstić information content (AvgIpc) is 3.06. The summed E-state index contributed by atoms with van der Waals surface area (Å²) in [6.45, 7) is 5.23. The number of nitrogens with zero attached hydrogens (tertiary/aromatic N) is 4. The third-order valence-corrected chi connectivity index (χ3v) is 4.21. The largest absolute Gasteiger partial charge is 0.344 e. The molecule has 3 heterocycles. The summed E-state index contributed by atoms with van der Waals surface area (Å²) in [6, 6.07) is 3.86. The average molecular weight is 288 g/mol. The van der Waals surface area contributed by atoms with Gasteiger partial charge in [-0.25, -0.2) is 0 Å². The van der Waals surface area contributed by atoms with Crippen LogP contribution in [0.1, 0.15) is 46.7 Å². The number of carbonyl (C=O) groups is 1. The zero-order valence-corrected chi connectivity index (χ0v) is 12.7. The van der Waals surface area contributed by atoms with Crippen LogP contribution < -0.4 is 0 Å². The zero-order chi connectivity index (χ0) is 15.0. The predicted molar refractivity (Wildman–Crippen MR) is 77.1 cm³/mol. The molecule has 1 aliphatic rings. The minimum absolute atomic E-state index is 0.0792. The fourth-order valence-corrected chi connectivity index (χ4v) is 2.84. The quantitative estimate of drug-likeness (QED) is 0.848. The van der Waals surface area contributed by atoms with Crippen LogP contribution in [0.15, 0.2) is 16.7 Å². The minimum atomic E-state index is 0.0792. The molecule has 3 rings (SSSR count). The number of piperidine rings is 1. The van der Waals surface area contributed by atoms with Crippen LogP contribution in [-0.2, 0) is 7.05 Å². The van der Waals surface area contributed by atoms with E-state index in [9.17, 15) is 4.79 Å². The topological polar surface area (TPSA) is 64.2 Å². The van der Waals surface area contributed by atoms with Gasteiger partial charge in [-0.05, 0) is 31.9 Å². The van der Waals surface area contributed by atoms with Gasteiger partial charge in [-0.1, -0.05) is 5.16 Å². The third-order valence-electron chi connectivity index (χ3n) is 4.21. The molecule has 6 nitrogen and oxygen atoms in total. The van der Waals surface area contributed by atoms with E-state index in [1.165, 1.54) is 0 Å². The van der Waals surface area contributed by atoms with Gasteiger partial charge in [0, 0.05) is 38.7 Å². The summed E-state index contributed by atoms with van der Waals surface area (Å²) >= 11 is 0. The molecule has 0 unspecified atom stereocenters. The van der Waals surface area contributed by atoms with Crippen molar-refractivity contribution in [3.05, 3.63) is 35.2 Å². The molecule has 1 amide bonds. The van der Waals surface area contributed by atoms with Crippen LogP contribution in [0.25, 0.3) is 0 Å². The normalized spacial score (nSPS) is 19.0. The first-order valence-electron chi connectivity index (χ1n) is 7.28. The predicted octanol–water partition coefficient (Wildman–Crippen LogP) is 2.04. The lowest BCUT2D eigenvalue weighted by Gasteiger charge is -2.31. The number of amides is 1. The molecule has 1 fully saturated rings. The van der Waals surface area contributed by atoms with Crippen molar-refractivity contribution in [2.24, 2.45) is 7.05 Å². The van der Waals surface area contributed by atoms with Crippen LogP contribution in [-0.4, -0.2) is 38.6 Å². The molecule has 0 aliphatic carbocycles. The van der Waals surface area contributed by atoms with Crippen LogP contribution >= 0.6 is 0 Å². The summed E-state index contributed by atoms with van der Waals surface area (Å²) in [5.41, 5.74) is 1.82. The van der Waals surface area contributed by atoms with Crippen molar-refractivity contribution in [2.45, 2.75) is 32.6 Å². The molecular formula is C15H20N4O2. The number of rotatable bonds is 2. The first kappa shape index (κ1) is 13.9. The molecule has 0 aromatic carbocycles. The molecule has 1 atom stereocenters. The molecule has 0 radical (unpaired) electrons. The van der Waals surface area contributed by atoms with Gasteiger partial charge in [0.2, 0.25) is 5.89 Å². The number of likely N-dealkylation sites (tertiary alicyclic amines) is 1. The van der Waals surface area contributed by atoms with E-state index < -0.39 is 0 Å². The molecule has 21 heavy (non-hydrogen) atoms. The Hall–Kier alpha value is -2.11. The van der Waals surface area contributed by atoms with Gasteiger partial charge < -0.3 is 14.0 Å². The van der Waals surface area contributed by atoms with Crippen LogP contribution in [0.3, 0.4) is 0 Å². The van der Waals surface area contributed by atoms with E-state index in [-0.39, 0.29) is 11.8 Å². The standard InChI is InChI=1S/C15H20N4O2/c1-10-6-7-13(18(10)3)15(20)19-8-4-5-12(9-19)14-16-11(2)21-17-14/h6-7,12H,4-5,8-9H2,1-3H3/t12-/m1/s1. The van der Waals surface area contributed by atoms with E-state index in [2.05, 4.69) is 10.1 Å². The lowest BCUT2D eigenvalue weighted by Crippen LogP contribution is -2.40. The number of aromatic nitrogens is 3. The van der Waals surface area contributed by atoms with Crippen LogP contribution in [0.2, 0.25) is 0 Å². The minimum Gasteiger partial charge on any atom is -0.344 e. The molecule has 1 saturated heterocycles. The summed E-state index contributed by atoms with van der Waals surface area (Å²) < 4.78 is 6.99. The summed E-state index contributed by atoms with van der Waals surface area (Å²) in [5, 5.41) is 4.00. The van der Waals surface area contributed by atoms with Gasteiger partial charge in [0.1, 0.15) is 5.69 Å². The number of hydrogen-bond acceptors (Lipinski definition) is 4. The molecule has 0 bridgehead atoms. The molecular weight excluding hydrogens is 268 g/mol. The van der Waals surface area contributed by atoms with Gasteiger partial charge in [-0.2, -0.15) is 4.98 Å². The van der Waals surface area contributed by atoms with Crippen molar-refractivity contribution in [3.63, 3.8) is 0 Å². The number of aryl methyl sites for hydroxylation is 2. The Bertz CT molecular complexity index is 658. The van der Waals surface area contributed by atoms with Crippen molar-refractivity contribution >= 4 is 5.91 Å². The van der Waals surface area contributed by atoms with Crippen molar-refractivity contribution in [1.82, 2.24) is 19.6 Å². The highest BCUT2D eigenvalue weighted by Crippen LogP contribution is 2.26.